The van der Waals surface area contributed by atoms with Gasteiger partial charge in [-0.3, -0.25) is 4.79 Å². The van der Waals surface area contributed by atoms with Crippen LogP contribution in [0, 0.1) is 25.7 Å². The standard InChI is InChI=1S/C14H21NO/c1-9(2)13(8-15)14(16)12-6-10(3)5-11(4)7-12/h5-7,9,13H,8,15H2,1-4H3. The number of aryl methyl sites for hydroxylation is 2. The van der Waals surface area contributed by atoms with Crippen molar-refractivity contribution in [1.29, 1.82) is 0 Å². The van der Waals surface area contributed by atoms with Crippen LogP contribution in [0.25, 0.3) is 0 Å². The number of carbonyl (C=O) groups is 1. The molecule has 88 valence electrons. The predicted octanol–water partition coefficient (Wildman–Crippen LogP) is 2.72. The smallest absolute Gasteiger partial charge is 0.167 e. The van der Waals surface area contributed by atoms with E-state index in [4.69, 9.17) is 5.73 Å². The molecule has 0 aliphatic heterocycles. The van der Waals surface area contributed by atoms with Crippen LogP contribution in [0.3, 0.4) is 0 Å². The van der Waals surface area contributed by atoms with Crippen molar-refractivity contribution in [3.63, 3.8) is 0 Å². The fourth-order valence-corrected chi connectivity index (χ4v) is 2.01. The van der Waals surface area contributed by atoms with Crippen LogP contribution in [0.5, 0.6) is 0 Å². The van der Waals surface area contributed by atoms with Gasteiger partial charge in [0.1, 0.15) is 0 Å². The van der Waals surface area contributed by atoms with Gasteiger partial charge in [-0.05, 0) is 31.9 Å². The predicted molar refractivity (Wildman–Crippen MR) is 67.6 cm³/mol. The zero-order chi connectivity index (χ0) is 12.3. The van der Waals surface area contributed by atoms with Crippen LogP contribution in [-0.4, -0.2) is 12.3 Å². The van der Waals surface area contributed by atoms with E-state index in [0.29, 0.717) is 12.5 Å². The molecule has 0 aromatic heterocycles. The zero-order valence-electron chi connectivity index (χ0n) is 10.6. The highest BCUT2D eigenvalue weighted by Gasteiger charge is 2.21. The van der Waals surface area contributed by atoms with E-state index in [1.807, 2.05) is 39.8 Å². The van der Waals surface area contributed by atoms with E-state index in [1.54, 1.807) is 0 Å². The summed E-state index contributed by atoms with van der Waals surface area (Å²) in [5, 5.41) is 0. The number of benzene rings is 1. The average Bonchev–Trinajstić information content (AvgIpc) is 2.16. The first kappa shape index (κ1) is 12.9. The summed E-state index contributed by atoms with van der Waals surface area (Å²) in [7, 11) is 0. The van der Waals surface area contributed by atoms with E-state index >= 15 is 0 Å². The molecule has 1 unspecified atom stereocenters. The first-order valence-electron chi connectivity index (χ1n) is 5.78. The molecule has 0 fully saturated rings. The van der Waals surface area contributed by atoms with Crippen molar-refractivity contribution in [2.45, 2.75) is 27.7 Å². The number of hydrogen-bond acceptors (Lipinski definition) is 2. The van der Waals surface area contributed by atoms with Crippen molar-refractivity contribution >= 4 is 5.78 Å². The van der Waals surface area contributed by atoms with Crippen LogP contribution in [0.15, 0.2) is 18.2 Å². The fourth-order valence-electron chi connectivity index (χ4n) is 2.01. The lowest BCUT2D eigenvalue weighted by molar-refractivity contribution is 0.0892. The molecule has 16 heavy (non-hydrogen) atoms. The van der Waals surface area contributed by atoms with Gasteiger partial charge in [0.15, 0.2) is 5.78 Å². The molecule has 0 spiro atoms. The minimum Gasteiger partial charge on any atom is -0.330 e. The molecular formula is C14H21NO. The third-order valence-corrected chi connectivity index (χ3v) is 2.90. The van der Waals surface area contributed by atoms with Gasteiger partial charge in [0.05, 0.1) is 0 Å². The molecule has 0 saturated heterocycles. The van der Waals surface area contributed by atoms with Crippen LogP contribution in [0.4, 0.5) is 0 Å². The van der Waals surface area contributed by atoms with Gasteiger partial charge in [0.25, 0.3) is 0 Å². The van der Waals surface area contributed by atoms with Gasteiger partial charge in [0, 0.05) is 18.0 Å². The maximum absolute atomic E-state index is 12.2. The molecule has 1 atom stereocenters. The Bertz CT molecular complexity index is 362. The minimum absolute atomic E-state index is 0.0683. The van der Waals surface area contributed by atoms with E-state index < -0.39 is 0 Å². The van der Waals surface area contributed by atoms with Crippen LogP contribution in [0.1, 0.15) is 35.3 Å². The van der Waals surface area contributed by atoms with Crippen molar-refractivity contribution in [2.24, 2.45) is 17.6 Å². The number of carbonyl (C=O) groups excluding carboxylic acids is 1. The Morgan fingerprint density at radius 3 is 2.06 bits per heavy atom. The summed E-state index contributed by atoms with van der Waals surface area (Å²) in [6.07, 6.45) is 0. The molecule has 1 aromatic carbocycles. The van der Waals surface area contributed by atoms with E-state index in [9.17, 15) is 4.79 Å². The molecule has 0 heterocycles. The second-order valence-electron chi connectivity index (χ2n) is 4.83. The second kappa shape index (κ2) is 5.26. The Labute approximate surface area is 97.9 Å². The van der Waals surface area contributed by atoms with Crippen molar-refractivity contribution < 1.29 is 4.79 Å². The molecule has 2 heteroatoms. The van der Waals surface area contributed by atoms with Crippen molar-refractivity contribution in [2.75, 3.05) is 6.54 Å². The van der Waals surface area contributed by atoms with E-state index in [1.165, 1.54) is 0 Å². The molecule has 0 aliphatic rings. The Morgan fingerprint density at radius 2 is 1.69 bits per heavy atom. The quantitative estimate of drug-likeness (QED) is 0.791. The Balaban J connectivity index is 3.03. The lowest BCUT2D eigenvalue weighted by Gasteiger charge is -2.18. The van der Waals surface area contributed by atoms with Crippen molar-refractivity contribution in [3.8, 4) is 0 Å². The highest BCUT2D eigenvalue weighted by Crippen LogP contribution is 2.18. The topological polar surface area (TPSA) is 43.1 Å². The maximum Gasteiger partial charge on any atom is 0.167 e. The molecule has 1 rings (SSSR count). The van der Waals surface area contributed by atoms with Gasteiger partial charge in [-0.1, -0.05) is 31.0 Å². The van der Waals surface area contributed by atoms with Crippen LogP contribution in [-0.2, 0) is 0 Å². The largest absolute Gasteiger partial charge is 0.330 e. The maximum atomic E-state index is 12.2. The third-order valence-electron chi connectivity index (χ3n) is 2.90. The summed E-state index contributed by atoms with van der Waals surface area (Å²) in [5.74, 6) is 0.392. The minimum atomic E-state index is -0.0683. The molecule has 0 radical (unpaired) electrons. The molecule has 0 aliphatic carbocycles. The SMILES string of the molecule is Cc1cc(C)cc(C(=O)C(CN)C(C)C)c1. The summed E-state index contributed by atoms with van der Waals surface area (Å²) in [5.41, 5.74) is 8.72. The van der Waals surface area contributed by atoms with Crippen molar-refractivity contribution in [3.05, 3.63) is 34.9 Å². The summed E-state index contributed by atoms with van der Waals surface area (Å²) in [6.45, 7) is 8.52. The molecular weight excluding hydrogens is 198 g/mol. The van der Waals surface area contributed by atoms with E-state index in [2.05, 4.69) is 6.07 Å². The average molecular weight is 219 g/mol. The number of rotatable bonds is 4. The van der Waals surface area contributed by atoms with Gasteiger partial charge in [-0.15, -0.1) is 0 Å². The first-order chi connectivity index (χ1) is 7.45. The lowest BCUT2D eigenvalue weighted by atomic mass is 9.87. The molecule has 0 saturated carbocycles. The first-order valence-corrected chi connectivity index (χ1v) is 5.78. The number of Topliss-reactive ketones (excluding diaryl/α,β-unsaturated/α-hetero) is 1. The van der Waals surface area contributed by atoms with Gasteiger partial charge in [-0.25, -0.2) is 0 Å². The van der Waals surface area contributed by atoms with Crippen molar-refractivity contribution in [1.82, 2.24) is 0 Å². The monoisotopic (exact) mass is 219 g/mol. The molecule has 0 amide bonds. The number of nitrogens with two attached hydrogens (primary N) is 1. The van der Waals surface area contributed by atoms with E-state index in [-0.39, 0.29) is 11.7 Å². The molecule has 0 bridgehead atoms. The van der Waals surface area contributed by atoms with Crippen LogP contribution < -0.4 is 5.73 Å². The molecule has 2 N–H and O–H groups in total. The van der Waals surface area contributed by atoms with Gasteiger partial charge in [-0.2, -0.15) is 0 Å². The van der Waals surface area contributed by atoms with Gasteiger partial charge in [0.2, 0.25) is 0 Å². The highest BCUT2D eigenvalue weighted by molar-refractivity contribution is 5.98. The number of hydrogen-bond donors (Lipinski definition) is 1. The second-order valence-corrected chi connectivity index (χ2v) is 4.83. The summed E-state index contributed by atoms with van der Waals surface area (Å²) < 4.78 is 0. The Hall–Kier alpha value is -1.15. The molecule has 1 aromatic rings. The van der Waals surface area contributed by atoms with Crippen LogP contribution in [0.2, 0.25) is 0 Å². The highest BCUT2D eigenvalue weighted by atomic mass is 16.1. The van der Waals surface area contributed by atoms with Crippen LogP contribution >= 0.6 is 0 Å². The Morgan fingerprint density at radius 1 is 1.19 bits per heavy atom. The van der Waals surface area contributed by atoms with Gasteiger partial charge >= 0.3 is 0 Å². The summed E-state index contributed by atoms with van der Waals surface area (Å²) in [6, 6.07) is 5.96. The third kappa shape index (κ3) is 2.92. The lowest BCUT2D eigenvalue weighted by Crippen LogP contribution is -2.28. The zero-order valence-corrected chi connectivity index (χ0v) is 10.6. The normalized spacial score (nSPS) is 12.9. The summed E-state index contributed by atoms with van der Waals surface area (Å²) >= 11 is 0. The summed E-state index contributed by atoms with van der Waals surface area (Å²) in [4.78, 5) is 12.2. The number of ketones is 1. The fraction of sp³-hybridized carbons (Fsp3) is 0.500. The Kier molecular flexibility index (Phi) is 4.25. The molecule has 2 nitrogen and oxygen atoms in total. The van der Waals surface area contributed by atoms with E-state index in [0.717, 1.165) is 16.7 Å². The van der Waals surface area contributed by atoms with Gasteiger partial charge < -0.3 is 5.73 Å².